The van der Waals surface area contributed by atoms with Crippen molar-refractivity contribution in [2.75, 3.05) is 13.2 Å². The second kappa shape index (κ2) is 11.4. The third-order valence-electron chi connectivity index (χ3n) is 11.2. The van der Waals surface area contributed by atoms with Crippen molar-refractivity contribution in [1.82, 2.24) is 5.32 Å². The molecule has 0 bridgehead atoms. The number of carbonyl (C=O) groups is 2. The highest BCUT2D eigenvalue weighted by atomic mass is 16.6. The number of phenols is 1. The Labute approximate surface area is 243 Å². The van der Waals surface area contributed by atoms with Crippen LogP contribution in [0.15, 0.2) is 41.1 Å². The molecule has 3 fully saturated rings. The second-order valence-electron chi connectivity index (χ2n) is 13.4. The zero-order chi connectivity index (χ0) is 29.4. The molecule has 0 spiro atoms. The van der Waals surface area contributed by atoms with Crippen LogP contribution in [0.4, 0.5) is 0 Å². The zero-order valence-electron chi connectivity index (χ0n) is 24.9. The lowest BCUT2D eigenvalue weighted by Gasteiger charge is -2.59. The van der Waals surface area contributed by atoms with E-state index < -0.39 is 23.5 Å². The minimum atomic E-state index is -0.864. The number of nitrogens with zero attached hydrogens (tertiary/aromatic N) is 1. The summed E-state index contributed by atoms with van der Waals surface area (Å²) in [6.45, 7) is 8.45. The largest absolute Gasteiger partial charge is 0.508 e. The summed E-state index contributed by atoms with van der Waals surface area (Å²) < 4.78 is 5.15. The molecule has 0 aliphatic heterocycles. The number of aromatic hydroxyl groups is 1. The Morgan fingerprint density at radius 1 is 1.05 bits per heavy atom. The van der Waals surface area contributed by atoms with E-state index in [9.17, 15) is 19.8 Å². The molecule has 1 aromatic carbocycles. The van der Waals surface area contributed by atoms with E-state index in [1.807, 2.05) is 0 Å². The summed E-state index contributed by atoms with van der Waals surface area (Å²) >= 11 is 0. The number of rotatable bonds is 8. The fraction of sp³-hybridized carbons (Fsp3) is 0.667. The first-order valence-electron chi connectivity index (χ1n) is 15.3. The first-order chi connectivity index (χ1) is 19.5. The van der Waals surface area contributed by atoms with Gasteiger partial charge in [-0.15, -0.1) is 0 Å². The van der Waals surface area contributed by atoms with E-state index in [0.29, 0.717) is 17.8 Å². The van der Waals surface area contributed by atoms with Crippen LogP contribution in [0.2, 0.25) is 0 Å². The summed E-state index contributed by atoms with van der Waals surface area (Å²) in [5.41, 5.74) is 2.71. The van der Waals surface area contributed by atoms with Gasteiger partial charge in [-0.25, -0.2) is 4.79 Å². The van der Waals surface area contributed by atoms with Gasteiger partial charge in [0, 0.05) is 6.42 Å². The molecular weight excluding hydrogens is 520 g/mol. The molecule has 4 aliphatic carbocycles. The van der Waals surface area contributed by atoms with Crippen molar-refractivity contribution in [1.29, 1.82) is 0 Å². The predicted octanol–water partition coefficient (Wildman–Crippen LogP) is 5.07. The van der Waals surface area contributed by atoms with Crippen LogP contribution in [0.5, 0.6) is 5.75 Å². The topological polar surface area (TPSA) is 117 Å². The van der Waals surface area contributed by atoms with Crippen LogP contribution in [-0.2, 0) is 25.6 Å². The van der Waals surface area contributed by atoms with Crippen LogP contribution in [-0.4, -0.2) is 52.7 Å². The quantitative estimate of drug-likeness (QED) is 0.299. The molecule has 4 aliphatic rings. The monoisotopic (exact) mass is 566 g/mol. The smallest absolute Gasteiger partial charge is 0.328 e. The molecule has 8 nitrogen and oxygen atoms in total. The Morgan fingerprint density at radius 3 is 2.51 bits per heavy atom. The van der Waals surface area contributed by atoms with E-state index in [1.54, 1.807) is 31.2 Å². The van der Waals surface area contributed by atoms with E-state index in [0.717, 1.165) is 62.6 Å². The highest BCUT2D eigenvalue weighted by molar-refractivity contribution is 5.96. The van der Waals surface area contributed by atoms with E-state index in [-0.39, 0.29) is 36.2 Å². The number of amides is 1. The number of allylic oxidation sites excluding steroid dienone is 2. The number of fused-ring (bicyclic) bond motifs is 5. The van der Waals surface area contributed by atoms with Gasteiger partial charge in [-0.3, -0.25) is 4.79 Å². The van der Waals surface area contributed by atoms with Crippen molar-refractivity contribution in [3.63, 3.8) is 0 Å². The van der Waals surface area contributed by atoms with E-state index in [1.165, 1.54) is 5.57 Å². The first-order valence-corrected chi connectivity index (χ1v) is 15.3. The molecule has 0 aromatic heterocycles. The van der Waals surface area contributed by atoms with Crippen molar-refractivity contribution in [2.45, 2.75) is 97.1 Å². The predicted molar refractivity (Wildman–Crippen MR) is 156 cm³/mol. The lowest BCUT2D eigenvalue weighted by atomic mass is 9.46. The van der Waals surface area contributed by atoms with Crippen LogP contribution < -0.4 is 5.32 Å². The normalized spacial score (nSPS) is 35.9. The lowest BCUT2D eigenvalue weighted by molar-refractivity contribution is -0.147. The molecule has 5 rings (SSSR count). The van der Waals surface area contributed by atoms with Crippen molar-refractivity contribution in [3.8, 4) is 5.75 Å². The highest BCUT2D eigenvalue weighted by Crippen LogP contribution is 2.67. The maximum Gasteiger partial charge on any atom is 0.328 e. The fourth-order valence-corrected chi connectivity index (χ4v) is 8.60. The molecule has 0 unspecified atom stereocenters. The molecule has 1 amide bonds. The van der Waals surface area contributed by atoms with Crippen LogP contribution >= 0.6 is 0 Å². The van der Waals surface area contributed by atoms with Crippen LogP contribution in [0.1, 0.15) is 84.6 Å². The molecule has 0 heterocycles. The van der Waals surface area contributed by atoms with Crippen molar-refractivity contribution in [3.05, 3.63) is 41.5 Å². The number of phenolic OH excluding ortho intramolecular Hbond substituents is 1. The fourth-order valence-electron chi connectivity index (χ4n) is 8.60. The number of hydrogen-bond acceptors (Lipinski definition) is 7. The number of aliphatic hydroxyl groups is 1. The average molecular weight is 567 g/mol. The summed E-state index contributed by atoms with van der Waals surface area (Å²) in [5.74, 6) is 1.07. The van der Waals surface area contributed by atoms with E-state index >= 15 is 0 Å². The second-order valence-corrected chi connectivity index (χ2v) is 13.4. The molecule has 8 heteroatoms. The molecule has 3 saturated carbocycles. The molecule has 1 aromatic rings. The third-order valence-corrected chi connectivity index (χ3v) is 11.2. The van der Waals surface area contributed by atoms with Gasteiger partial charge in [-0.1, -0.05) is 36.7 Å². The van der Waals surface area contributed by atoms with Gasteiger partial charge in [0.05, 0.1) is 17.9 Å². The number of carbonyl (C=O) groups excluding carboxylic acids is 2. The van der Waals surface area contributed by atoms with Crippen molar-refractivity contribution in [2.24, 2.45) is 33.7 Å². The maximum atomic E-state index is 12.7. The highest BCUT2D eigenvalue weighted by Gasteiger charge is 2.62. The number of oxime groups is 1. The summed E-state index contributed by atoms with van der Waals surface area (Å²) in [6.07, 6.45) is 10.8. The summed E-state index contributed by atoms with van der Waals surface area (Å²) in [6, 6.07) is 5.63. The van der Waals surface area contributed by atoms with Crippen LogP contribution in [0.25, 0.3) is 0 Å². The van der Waals surface area contributed by atoms with Crippen molar-refractivity contribution < 1.29 is 29.4 Å². The molecule has 41 heavy (non-hydrogen) atoms. The van der Waals surface area contributed by atoms with Gasteiger partial charge in [0.15, 0.2) is 6.61 Å². The molecule has 224 valence electrons. The van der Waals surface area contributed by atoms with E-state index in [2.05, 4.69) is 37.3 Å². The number of esters is 1. The maximum absolute atomic E-state index is 12.7. The molecule has 0 radical (unpaired) electrons. The number of benzene rings is 1. The minimum absolute atomic E-state index is 0.0256. The SMILES string of the molecule is CCOC(=O)[C@@H](Cc1ccc(O)cc1)NC(=O)CO/N=C1\C=C2CC[C@@H]3[C@H](CC[C@@]4(C)[C@H]3CC[C@]4(C)O)[C@@]2(C)CC1. The number of nitrogens with one attached hydrogen (secondary N) is 1. The van der Waals surface area contributed by atoms with Crippen LogP contribution in [0, 0.1) is 28.6 Å². The van der Waals surface area contributed by atoms with E-state index in [4.69, 9.17) is 9.57 Å². The Morgan fingerprint density at radius 2 is 1.78 bits per heavy atom. The molecule has 3 N–H and O–H groups in total. The van der Waals surface area contributed by atoms with Gasteiger partial charge in [-0.2, -0.15) is 0 Å². The third kappa shape index (κ3) is 5.64. The van der Waals surface area contributed by atoms with Gasteiger partial charge in [-0.05, 0) is 118 Å². The molecule has 7 atom stereocenters. The minimum Gasteiger partial charge on any atom is -0.508 e. The van der Waals surface area contributed by atoms with Gasteiger partial charge in [0.25, 0.3) is 5.91 Å². The summed E-state index contributed by atoms with van der Waals surface area (Å²) in [5, 5.41) is 27.7. The Kier molecular flexibility index (Phi) is 8.25. The van der Waals surface area contributed by atoms with Gasteiger partial charge in [0.2, 0.25) is 0 Å². The number of ether oxygens (including phenoxy) is 1. The molecular formula is C33H46N2O6. The summed E-state index contributed by atoms with van der Waals surface area (Å²) in [7, 11) is 0. The Bertz CT molecular complexity index is 1210. The first kappa shape index (κ1) is 29.6. The van der Waals surface area contributed by atoms with Gasteiger partial charge < -0.3 is 25.1 Å². The standard InChI is InChI=1S/C33H46N2O6/c1-5-40-30(38)28(18-21-6-9-24(36)10-7-21)34-29(37)20-41-35-23-12-15-31(2)22(19-23)8-11-25-26(31)13-16-32(3)27(25)14-17-33(32,4)39/h6-7,9-10,19,25-28,36,39H,5,8,11-18,20H2,1-4H3,(H,34,37)/b35-23-/t25-,26+,27+,28-,31+,32+,33+/m1/s1. The molecule has 0 saturated heterocycles. The van der Waals surface area contributed by atoms with Crippen molar-refractivity contribution >= 4 is 17.6 Å². The average Bonchev–Trinajstić information content (AvgIpc) is 3.18. The van der Waals surface area contributed by atoms with Gasteiger partial charge in [0.1, 0.15) is 11.8 Å². The zero-order valence-corrected chi connectivity index (χ0v) is 24.9. The van der Waals surface area contributed by atoms with Gasteiger partial charge >= 0.3 is 5.97 Å². The Hall–Kier alpha value is -2.87. The summed E-state index contributed by atoms with van der Waals surface area (Å²) in [4.78, 5) is 30.6. The lowest BCUT2D eigenvalue weighted by Crippen LogP contribution is -2.53. The Balaban J connectivity index is 1.19. The van der Waals surface area contributed by atoms with Crippen LogP contribution in [0.3, 0.4) is 0 Å². The number of hydrogen-bond donors (Lipinski definition) is 3.